The lowest BCUT2D eigenvalue weighted by Crippen LogP contribution is -2.16. The molecule has 0 bridgehead atoms. The number of ether oxygens (including phenoxy) is 1. The third-order valence-electron chi connectivity index (χ3n) is 2.49. The second-order valence-electron chi connectivity index (χ2n) is 3.63. The van der Waals surface area contributed by atoms with Crippen molar-refractivity contribution in [1.29, 1.82) is 0 Å². The molecular weight excluding hydrogens is 209 g/mol. The fraction of sp³-hybridized carbons (Fsp3) is 0.727. The minimum absolute atomic E-state index is 0.280. The van der Waals surface area contributed by atoms with Crippen LogP contribution in [0.1, 0.15) is 24.6 Å². The average Bonchev–Trinajstić information content (AvgIpc) is 2.60. The van der Waals surface area contributed by atoms with E-state index in [2.05, 4.69) is 17.3 Å². The zero-order valence-electron chi connectivity index (χ0n) is 10.2. The Labute approximate surface area is 95.8 Å². The maximum atomic E-state index is 11.9. The van der Waals surface area contributed by atoms with E-state index in [0.717, 1.165) is 23.6 Å². The van der Waals surface area contributed by atoms with Crippen LogP contribution >= 0.6 is 0 Å². The fourth-order valence-corrected chi connectivity index (χ4v) is 1.73. The van der Waals surface area contributed by atoms with Crippen molar-refractivity contribution in [1.82, 2.24) is 15.1 Å². The summed E-state index contributed by atoms with van der Waals surface area (Å²) in [6.45, 7) is 3.14. The lowest BCUT2D eigenvalue weighted by Gasteiger charge is -2.06. The number of rotatable bonds is 7. The molecule has 4 nitrogen and oxygen atoms in total. The van der Waals surface area contributed by atoms with Crippen molar-refractivity contribution in [2.75, 3.05) is 20.3 Å². The second-order valence-corrected chi connectivity index (χ2v) is 3.63. The minimum atomic E-state index is -0.280. The molecule has 0 atom stereocenters. The highest BCUT2D eigenvalue weighted by molar-refractivity contribution is 5.31. The molecule has 0 unspecified atom stereocenters. The summed E-state index contributed by atoms with van der Waals surface area (Å²) in [7, 11) is 3.50. The molecule has 1 aromatic heterocycles. The van der Waals surface area contributed by atoms with Crippen molar-refractivity contribution in [2.45, 2.75) is 26.3 Å². The number of hydrogen-bond donors (Lipinski definition) is 1. The highest BCUT2D eigenvalue weighted by Gasteiger charge is 2.14. The molecule has 16 heavy (non-hydrogen) atoms. The van der Waals surface area contributed by atoms with Crippen LogP contribution in [0, 0.1) is 0 Å². The molecule has 0 radical (unpaired) electrons. The molecule has 0 spiro atoms. The van der Waals surface area contributed by atoms with Gasteiger partial charge in [-0.3, -0.25) is 4.39 Å². The molecule has 0 aliphatic carbocycles. The van der Waals surface area contributed by atoms with Gasteiger partial charge in [-0.15, -0.1) is 0 Å². The van der Waals surface area contributed by atoms with E-state index in [0.29, 0.717) is 19.5 Å². The zero-order valence-corrected chi connectivity index (χ0v) is 10.2. The lowest BCUT2D eigenvalue weighted by atomic mass is 10.2. The smallest absolute Gasteiger partial charge is 0.216 e. The van der Waals surface area contributed by atoms with Crippen molar-refractivity contribution < 1.29 is 9.13 Å². The predicted octanol–water partition coefficient (Wildman–Crippen LogP) is 1.44. The largest absolute Gasteiger partial charge is 0.481 e. The Hall–Kier alpha value is -1.10. The van der Waals surface area contributed by atoms with Crippen molar-refractivity contribution in [3.05, 3.63) is 11.3 Å². The Morgan fingerprint density at radius 3 is 2.81 bits per heavy atom. The summed E-state index contributed by atoms with van der Waals surface area (Å²) >= 11 is 0. The molecule has 92 valence electrons. The molecule has 0 saturated carbocycles. The van der Waals surface area contributed by atoms with Gasteiger partial charge in [-0.1, -0.05) is 6.92 Å². The Balaban J connectivity index is 2.68. The van der Waals surface area contributed by atoms with Gasteiger partial charge in [0.15, 0.2) is 0 Å². The maximum absolute atomic E-state index is 11.9. The Kier molecular flexibility index (Phi) is 5.25. The number of aromatic nitrogens is 2. The fourth-order valence-electron chi connectivity index (χ4n) is 1.73. The van der Waals surface area contributed by atoms with Crippen LogP contribution in [0.4, 0.5) is 4.39 Å². The quantitative estimate of drug-likeness (QED) is 0.719. The minimum Gasteiger partial charge on any atom is -0.481 e. The zero-order chi connectivity index (χ0) is 12.0. The van der Waals surface area contributed by atoms with E-state index in [1.165, 1.54) is 0 Å². The number of hydrogen-bond acceptors (Lipinski definition) is 3. The normalized spacial score (nSPS) is 10.8. The van der Waals surface area contributed by atoms with Crippen LogP contribution in [0.2, 0.25) is 0 Å². The van der Waals surface area contributed by atoms with Crippen LogP contribution in [0.5, 0.6) is 5.88 Å². The van der Waals surface area contributed by atoms with E-state index in [1.54, 1.807) is 11.8 Å². The van der Waals surface area contributed by atoms with E-state index >= 15 is 0 Å². The molecule has 0 saturated heterocycles. The first-order valence-electron chi connectivity index (χ1n) is 5.60. The van der Waals surface area contributed by atoms with Gasteiger partial charge in [-0.05, 0) is 19.4 Å². The van der Waals surface area contributed by atoms with Gasteiger partial charge in [0.1, 0.15) is 0 Å². The van der Waals surface area contributed by atoms with Crippen molar-refractivity contribution >= 4 is 0 Å². The molecule has 0 amide bonds. The van der Waals surface area contributed by atoms with Gasteiger partial charge in [-0.2, -0.15) is 5.10 Å². The molecule has 0 aliphatic heterocycles. The van der Waals surface area contributed by atoms with E-state index in [-0.39, 0.29) is 6.67 Å². The van der Waals surface area contributed by atoms with Crippen LogP contribution in [0.15, 0.2) is 0 Å². The molecule has 1 heterocycles. The van der Waals surface area contributed by atoms with Gasteiger partial charge in [0.25, 0.3) is 0 Å². The highest BCUT2D eigenvalue weighted by atomic mass is 19.1. The van der Waals surface area contributed by atoms with Gasteiger partial charge < -0.3 is 10.1 Å². The summed E-state index contributed by atoms with van der Waals surface area (Å²) in [5.74, 6) is 0.782. The van der Waals surface area contributed by atoms with Crippen LogP contribution < -0.4 is 10.1 Å². The average molecular weight is 229 g/mol. The Morgan fingerprint density at radius 2 is 2.25 bits per heavy atom. The summed E-state index contributed by atoms with van der Waals surface area (Å²) in [6, 6.07) is 0. The number of nitrogens with one attached hydrogen (secondary N) is 1. The van der Waals surface area contributed by atoms with Crippen LogP contribution in [-0.4, -0.2) is 30.1 Å². The third-order valence-corrected chi connectivity index (χ3v) is 2.49. The van der Waals surface area contributed by atoms with Crippen molar-refractivity contribution in [3.8, 4) is 5.88 Å². The molecule has 0 fully saturated rings. The Morgan fingerprint density at radius 1 is 1.50 bits per heavy atom. The van der Waals surface area contributed by atoms with Crippen LogP contribution in [-0.2, 0) is 20.0 Å². The first kappa shape index (κ1) is 13.0. The van der Waals surface area contributed by atoms with Gasteiger partial charge in [0.05, 0.1) is 25.0 Å². The molecular formula is C11H20FN3O. The number of alkyl halides is 1. The van der Waals surface area contributed by atoms with Gasteiger partial charge in [0, 0.05) is 13.6 Å². The number of methoxy groups -OCH3 is 1. The maximum Gasteiger partial charge on any atom is 0.216 e. The second kappa shape index (κ2) is 6.48. The topological polar surface area (TPSA) is 39.1 Å². The number of nitrogens with zero attached hydrogens (tertiary/aromatic N) is 2. The standard InChI is InChI=1S/C11H20FN3O/c1-4-10-9(8-13-7-5-6-12)11(16-3)15(2)14-10/h13H,4-8H2,1-3H3. The lowest BCUT2D eigenvalue weighted by molar-refractivity contribution is 0.367. The van der Waals surface area contributed by atoms with Crippen molar-refractivity contribution in [2.24, 2.45) is 7.05 Å². The first-order chi connectivity index (χ1) is 7.74. The predicted molar refractivity (Wildman–Crippen MR) is 61.4 cm³/mol. The van der Waals surface area contributed by atoms with E-state index in [4.69, 9.17) is 4.74 Å². The molecule has 1 N–H and O–H groups in total. The number of halogens is 1. The molecule has 0 aliphatic rings. The van der Waals surface area contributed by atoms with E-state index in [1.807, 2.05) is 7.05 Å². The monoisotopic (exact) mass is 229 g/mol. The van der Waals surface area contributed by atoms with Crippen LogP contribution in [0.3, 0.4) is 0 Å². The first-order valence-corrected chi connectivity index (χ1v) is 5.60. The molecule has 0 aromatic carbocycles. The third kappa shape index (κ3) is 2.95. The summed E-state index contributed by atoms with van der Waals surface area (Å²) in [6.07, 6.45) is 1.42. The van der Waals surface area contributed by atoms with Crippen LogP contribution in [0.25, 0.3) is 0 Å². The summed E-state index contributed by atoms with van der Waals surface area (Å²) in [5, 5.41) is 7.57. The highest BCUT2D eigenvalue weighted by Crippen LogP contribution is 2.21. The molecule has 1 aromatic rings. The van der Waals surface area contributed by atoms with Gasteiger partial charge >= 0.3 is 0 Å². The summed E-state index contributed by atoms with van der Waals surface area (Å²) in [4.78, 5) is 0. The summed E-state index contributed by atoms with van der Waals surface area (Å²) < 4.78 is 19.0. The van der Waals surface area contributed by atoms with E-state index in [9.17, 15) is 4.39 Å². The summed E-state index contributed by atoms with van der Waals surface area (Å²) in [5.41, 5.74) is 2.11. The number of aryl methyl sites for hydroxylation is 2. The van der Waals surface area contributed by atoms with Gasteiger partial charge in [0.2, 0.25) is 5.88 Å². The SMILES string of the molecule is CCc1nn(C)c(OC)c1CNCCCF. The Bertz CT molecular complexity index is 325. The van der Waals surface area contributed by atoms with Gasteiger partial charge in [-0.25, -0.2) is 4.68 Å². The van der Waals surface area contributed by atoms with Crippen molar-refractivity contribution in [3.63, 3.8) is 0 Å². The molecule has 1 rings (SSSR count). The molecule has 5 heteroatoms. The van der Waals surface area contributed by atoms with E-state index < -0.39 is 0 Å².